The molecule has 0 unspecified atom stereocenters. The third-order valence-electron chi connectivity index (χ3n) is 3.84. The van der Waals surface area contributed by atoms with Crippen molar-refractivity contribution in [3.63, 3.8) is 0 Å². The van der Waals surface area contributed by atoms with E-state index in [1.54, 1.807) is 19.1 Å². The summed E-state index contributed by atoms with van der Waals surface area (Å²) in [7, 11) is -2.27. The van der Waals surface area contributed by atoms with Crippen LogP contribution in [0, 0.1) is 13.8 Å². The lowest BCUT2D eigenvalue weighted by molar-refractivity contribution is 0.411. The average Bonchev–Trinajstić information content (AvgIpc) is 3.03. The molecule has 0 aliphatic carbocycles. The van der Waals surface area contributed by atoms with Gasteiger partial charge in [-0.1, -0.05) is 35.0 Å². The van der Waals surface area contributed by atoms with Crippen molar-refractivity contribution in [3.8, 4) is 16.9 Å². The molecular formula is C18H18N2O4S. The molecule has 7 heteroatoms. The Morgan fingerprint density at radius 3 is 2.44 bits per heavy atom. The first-order chi connectivity index (χ1) is 11.9. The lowest BCUT2D eigenvalue weighted by Crippen LogP contribution is -2.13. The molecule has 0 amide bonds. The molecule has 25 heavy (non-hydrogen) atoms. The number of rotatable bonds is 5. The van der Waals surface area contributed by atoms with Crippen LogP contribution in [0.1, 0.15) is 11.1 Å². The van der Waals surface area contributed by atoms with Crippen LogP contribution in [-0.2, 0) is 10.0 Å². The lowest BCUT2D eigenvalue weighted by Gasteiger charge is -2.10. The molecule has 0 aliphatic heterocycles. The van der Waals surface area contributed by atoms with Crippen molar-refractivity contribution in [2.75, 3.05) is 11.8 Å². The molecular weight excluding hydrogens is 340 g/mol. The number of ether oxygens (including phenoxy) is 1. The highest BCUT2D eigenvalue weighted by atomic mass is 32.2. The molecule has 0 fully saturated rings. The van der Waals surface area contributed by atoms with Gasteiger partial charge in [0.1, 0.15) is 5.75 Å². The second-order valence-corrected chi connectivity index (χ2v) is 7.35. The van der Waals surface area contributed by atoms with E-state index in [9.17, 15) is 8.42 Å². The largest absolute Gasteiger partial charge is 0.496 e. The van der Waals surface area contributed by atoms with Crippen molar-refractivity contribution in [2.24, 2.45) is 0 Å². The van der Waals surface area contributed by atoms with Gasteiger partial charge in [0, 0.05) is 0 Å². The minimum absolute atomic E-state index is 0.0809. The highest BCUT2D eigenvalue weighted by molar-refractivity contribution is 7.92. The smallest absolute Gasteiger partial charge is 0.264 e. The molecule has 0 radical (unpaired) electrons. The van der Waals surface area contributed by atoms with E-state index in [2.05, 4.69) is 9.88 Å². The number of anilines is 1. The van der Waals surface area contributed by atoms with E-state index in [1.807, 2.05) is 31.2 Å². The average molecular weight is 358 g/mol. The standard InChI is InChI=1S/C18H18N2O4S/c1-12-4-6-14(7-5-12)16-11-19-24-18(16)20-25(21,22)15-8-9-17(23-3)13(2)10-15/h4-11,20H,1-3H3. The van der Waals surface area contributed by atoms with E-state index in [0.29, 0.717) is 11.3 Å². The maximum Gasteiger partial charge on any atom is 0.264 e. The van der Waals surface area contributed by atoms with Gasteiger partial charge in [-0.2, -0.15) is 0 Å². The summed E-state index contributed by atoms with van der Waals surface area (Å²) < 4.78 is 38.0. The second kappa shape index (κ2) is 6.60. The zero-order valence-corrected chi connectivity index (χ0v) is 14.9. The van der Waals surface area contributed by atoms with Crippen LogP contribution in [0.3, 0.4) is 0 Å². The molecule has 0 atom stereocenters. The second-order valence-electron chi connectivity index (χ2n) is 5.67. The molecule has 0 spiro atoms. The molecule has 3 rings (SSSR count). The Bertz CT molecular complexity index is 992. The molecule has 0 saturated carbocycles. The van der Waals surface area contributed by atoms with Gasteiger partial charge in [0.05, 0.1) is 23.8 Å². The Kier molecular flexibility index (Phi) is 4.50. The number of benzene rings is 2. The third kappa shape index (κ3) is 3.51. The molecule has 6 nitrogen and oxygen atoms in total. The summed E-state index contributed by atoms with van der Waals surface area (Å²) in [5, 5.41) is 3.72. The summed E-state index contributed by atoms with van der Waals surface area (Å²) in [6.07, 6.45) is 1.49. The van der Waals surface area contributed by atoms with Crippen molar-refractivity contribution >= 4 is 15.9 Å². The predicted octanol–water partition coefficient (Wildman–Crippen LogP) is 3.77. The molecule has 3 aromatic rings. The van der Waals surface area contributed by atoms with Crippen LogP contribution in [0.25, 0.3) is 11.1 Å². The van der Waals surface area contributed by atoms with E-state index < -0.39 is 10.0 Å². The quantitative estimate of drug-likeness (QED) is 0.751. The summed E-state index contributed by atoms with van der Waals surface area (Å²) >= 11 is 0. The van der Waals surface area contributed by atoms with Crippen molar-refractivity contribution < 1.29 is 17.7 Å². The van der Waals surface area contributed by atoms with E-state index in [4.69, 9.17) is 9.26 Å². The summed E-state index contributed by atoms with van der Waals surface area (Å²) in [6.45, 7) is 3.76. The van der Waals surface area contributed by atoms with Crippen LogP contribution in [0.5, 0.6) is 5.75 Å². The monoisotopic (exact) mass is 358 g/mol. The fraction of sp³-hybridized carbons (Fsp3) is 0.167. The van der Waals surface area contributed by atoms with Crippen LogP contribution < -0.4 is 9.46 Å². The fourth-order valence-corrected chi connectivity index (χ4v) is 3.54. The van der Waals surface area contributed by atoms with Crippen LogP contribution in [0.4, 0.5) is 5.88 Å². The number of sulfonamides is 1. The third-order valence-corrected chi connectivity index (χ3v) is 5.17. The number of hydrogen-bond donors (Lipinski definition) is 1. The molecule has 0 saturated heterocycles. The molecule has 1 N–H and O–H groups in total. The molecule has 1 heterocycles. The van der Waals surface area contributed by atoms with E-state index in [-0.39, 0.29) is 10.8 Å². The van der Waals surface area contributed by atoms with Crippen LogP contribution >= 0.6 is 0 Å². The van der Waals surface area contributed by atoms with Crippen LogP contribution in [0.15, 0.2) is 58.1 Å². The topological polar surface area (TPSA) is 81.4 Å². The molecule has 1 aromatic heterocycles. The maximum atomic E-state index is 12.6. The Hall–Kier alpha value is -2.80. The number of methoxy groups -OCH3 is 1. The first-order valence-electron chi connectivity index (χ1n) is 7.60. The van der Waals surface area contributed by atoms with Crippen molar-refractivity contribution in [2.45, 2.75) is 18.7 Å². The summed E-state index contributed by atoms with van der Waals surface area (Å²) in [5.74, 6) is 0.705. The number of aryl methyl sites for hydroxylation is 2. The van der Waals surface area contributed by atoms with E-state index in [0.717, 1.165) is 16.7 Å². The first kappa shape index (κ1) is 17.0. The molecule has 130 valence electrons. The summed E-state index contributed by atoms with van der Waals surface area (Å²) in [5.41, 5.74) is 3.22. The molecule has 2 aromatic carbocycles. The zero-order valence-electron chi connectivity index (χ0n) is 14.1. The summed E-state index contributed by atoms with van der Waals surface area (Å²) in [4.78, 5) is 0.122. The number of aromatic nitrogens is 1. The number of hydrogen-bond acceptors (Lipinski definition) is 5. The van der Waals surface area contributed by atoms with Gasteiger partial charge in [-0.25, -0.2) is 13.1 Å². The van der Waals surface area contributed by atoms with E-state index >= 15 is 0 Å². The Morgan fingerprint density at radius 1 is 1.08 bits per heavy atom. The van der Waals surface area contributed by atoms with Crippen molar-refractivity contribution in [3.05, 3.63) is 59.8 Å². The summed E-state index contributed by atoms with van der Waals surface area (Å²) in [6, 6.07) is 12.3. The SMILES string of the molecule is COc1ccc(S(=O)(=O)Nc2oncc2-c2ccc(C)cc2)cc1C. The van der Waals surface area contributed by atoms with Gasteiger partial charge in [-0.15, -0.1) is 0 Å². The number of nitrogens with zero attached hydrogens (tertiary/aromatic N) is 1. The fourth-order valence-electron chi connectivity index (χ4n) is 2.45. The highest BCUT2D eigenvalue weighted by Crippen LogP contribution is 2.30. The van der Waals surface area contributed by atoms with Gasteiger partial charge in [0.15, 0.2) is 0 Å². The molecule has 0 bridgehead atoms. The van der Waals surface area contributed by atoms with Gasteiger partial charge >= 0.3 is 0 Å². The highest BCUT2D eigenvalue weighted by Gasteiger charge is 2.20. The Morgan fingerprint density at radius 2 is 1.80 bits per heavy atom. The van der Waals surface area contributed by atoms with Gasteiger partial charge < -0.3 is 9.26 Å². The normalized spacial score (nSPS) is 11.3. The van der Waals surface area contributed by atoms with Gasteiger partial charge in [-0.3, -0.25) is 0 Å². The molecule has 0 aliphatic rings. The number of nitrogens with one attached hydrogen (secondary N) is 1. The van der Waals surface area contributed by atoms with Crippen LogP contribution in [-0.4, -0.2) is 20.7 Å². The van der Waals surface area contributed by atoms with Gasteiger partial charge in [0.25, 0.3) is 10.0 Å². The van der Waals surface area contributed by atoms with Gasteiger partial charge in [-0.05, 0) is 43.2 Å². The van der Waals surface area contributed by atoms with Crippen LogP contribution in [0.2, 0.25) is 0 Å². The lowest BCUT2D eigenvalue weighted by atomic mass is 10.1. The van der Waals surface area contributed by atoms with E-state index in [1.165, 1.54) is 19.4 Å². The minimum Gasteiger partial charge on any atom is -0.496 e. The Balaban J connectivity index is 1.93. The van der Waals surface area contributed by atoms with Gasteiger partial charge in [0.2, 0.25) is 5.88 Å². The minimum atomic E-state index is -3.81. The first-order valence-corrected chi connectivity index (χ1v) is 9.08. The Labute approximate surface area is 146 Å². The van der Waals surface area contributed by atoms with Crippen molar-refractivity contribution in [1.29, 1.82) is 0 Å². The maximum absolute atomic E-state index is 12.6. The predicted molar refractivity (Wildman–Crippen MR) is 95.2 cm³/mol. The van der Waals surface area contributed by atoms with Crippen molar-refractivity contribution in [1.82, 2.24) is 5.16 Å². The zero-order chi connectivity index (χ0) is 18.0.